The van der Waals surface area contributed by atoms with Crippen LogP contribution in [0, 0.1) is 12.8 Å². The highest BCUT2D eigenvalue weighted by atomic mass is 16.5. The van der Waals surface area contributed by atoms with E-state index in [1.54, 1.807) is 0 Å². The molecule has 1 saturated carbocycles. The minimum atomic E-state index is -0.0674. The fourth-order valence-corrected chi connectivity index (χ4v) is 2.63. The molecule has 1 N–H and O–H groups in total. The summed E-state index contributed by atoms with van der Waals surface area (Å²) in [6.07, 6.45) is 2.36. The average Bonchev–Trinajstić information content (AvgIpc) is 3.36. The third kappa shape index (κ3) is 3.88. The molecule has 1 atom stereocenters. The van der Waals surface area contributed by atoms with E-state index in [4.69, 9.17) is 4.74 Å². The third-order valence-electron chi connectivity index (χ3n) is 3.93. The second kappa shape index (κ2) is 6.65. The molecule has 3 nitrogen and oxygen atoms in total. The molecule has 114 valence electrons. The van der Waals surface area contributed by atoms with Gasteiger partial charge in [-0.15, -0.1) is 0 Å². The zero-order chi connectivity index (χ0) is 15.4. The van der Waals surface area contributed by atoms with E-state index in [0.29, 0.717) is 5.92 Å². The molecule has 0 aliphatic heterocycles. The van der Waals surface area contributed by atoms with E-state index in [1.165, 1.54) is 18.4 Å². The van der Waals surface area contributed by atoms with Gasteiger partial charge in [-0.25, -0.2) is 0 Å². The first kappa shape index (κ1) is 14.6. The molecular formula is C19H21NO2. The molecule has 1 aliphatic rings. The van der Waals surface area contributed by atoms with Crippen LogP contribution in [-0.2, 0) is 4.79 Å². The number of hydrogen-bond acceptors (Lipinski definition) is 2. The normalized spacial score (nSPS) is 15.1. The molecular weight excluding hydrogens is 274 g/mol. The fourth-order valence-electron chi connectivity index (χ4n) is 2.63. The topological polar surface area (TPSA) is 38.3 Å². The number of hydrogen-bond donors (Lipinski definition) is 1. The van der Waals surface area contributed by atoms with Crippen molar-refractivity contribution >= 4 is 5.91 Å². The Morgan fingerprint density at radius 2 is 1.95 bits per heavy atom. The number of nitrogens with one attached hydrogen (secondary N) is 1. The van der Waals surface area contributed by atoms with Gasteiger partial charge in [0.2, 0.25) is 0 Å². The molecule has 0 heterocycles. The monoisotopic (exact) mass is 295 g/mol. The van der Waals surface area contributed by atoms with Gasteiger partial charge in [-0.1, -0.05) is 42.5 Å². The molecule has 3 rings (SSSR count). The summed E-state index contributed by atoms with van der Waals surface area (Å²) in [7, 11) is 0. The van der Waals surface area contributed by atoms with Crippen LogP contribution < -0.4 is 10.1 Å². The van der Waals surface area contributed by atoms with Crippen LogP contribution in [0.3, 0.4) is 0 Å². The van der Waals surface area contributed by atoms with Crippen molar-refractivity contribution in [1.82, 2.24) is 5.32 Å². The second-order valence-corrected chi connectivity index (χ2v) is 5.90. The summed E-state index contributed by atoms with van der Waals surface area (Å²) in [6.45, 7) is 2.06. The molecule has 2 aromatic carbocycles. The Morgan fingerprint density at radius 1 is 1.18 bits per heavy atom. The van der Waals surface area contributed by atoms with Crippen molar-refractivity contribution in [2.45, 2.75) is 25.8 Å². The number of rotatable bonds is 6. The predicted octanol–water partition coefficient (Wildman–Crippen LogP) is 3.64. The fraction of sp³-hybridized carbons (Fsp3) is 0.316. The van der Waals surface area contributed by atoms with Gasteiger partial charge in [0.15, 0.2) is 6.61 Å². The van der Waals surface area contributed by atoms with Crippen LogP contribution in [0.5, 0.6) is 5.75 Å². The Kier molecular flexibility index (Phi) is 4.42. The molecule has 0 radical (unpaired) electrons. The first-order valence-electron chi connectivity index (χ1n) is 7.76. The van der Waals surface area contributed by atoms with E-state index in [-0.39, 0.29) is 18.6 Å². The zero-order valence-corrected chi connectivity index (χ0v) is 12.8. The maximum atomic E-state index is 12.2. The lowest BCUT2D eigenvalue weighted by atomic mass is 10.0. The quantitative estimate of drug-likeness (QED) is 0.883. The molecule has 1 unspecified atom stereocenters. The molecule has 3 heteroatoms. The summed E-state index contributed by atoms with van der Waals surface area (Å²) in [6, 6.07) is 18.0. The highest BCUT2D eigenvalue weighted by molar-refractivity contribution is 5.78. The van der Waals surface area contributed by atoms with Crippen molar-refractivity contribution in [3.63, 3.8) is 0 Å². The highest BCUT2D eigenvalue weighted by Gasteiger charge is 2.33. The zero-order valence-electron chi connectivity index (χ0n) is 12.8. The summed E-state index contributed by atoms with van der Waals surface area (Å²) >= 11 is 0. The van der Waals surface area contributed by atoms with Gasteiger partial charge < -0.3 is 10.1 Å². The summed E-state index contributed by atoms with van der Waals surface area (Å²) in [5.74, 6) is 1.23. The van der Waals surface area contributed by atoms with Crippen LogP contribution in [-0.4, -0.2) is 12.5 Å². The first-order chi connectivity index (χ1) is 10.7. The summed E-state index contributed by atoms with van der Waals surface area (Å²) in [5.41, 5.74) is 2.30. The van der Waals surface area contributed by atoms with Crippen LogP contribution in [0.25, 0.3) is 0 Å². The highest BCUT2D eigenvalue weighted by Crippen LogP contribution is 2.40. The summed E-state index contributed by atoms with van der Waals surface area (Å²) in [5, 5.41) is 3.12. The van der Waals surface area contributed by atoms with Gasteiger partial charge in [0.25, 0.3) is 5.91 Å². The van der Waals surface area contributed by atoms with E-state index in [2.05, 4.69) is 17.4 Å². The lowest BCUT2D eigenvalue weighted by Crippen LogP contribution is -2.33. The standard InChI is InChI=1S/C19H21NO2/c1-14-6-5-9-17(12-14)22-13-18(21)20-19(16-10-11-16)15-7-3-2-4-8-15/h2-9,12,16,19H,10-11,13H2,1H3,(H,20,21). The minimum Gasteiger partial charge on any atom is -0.484 e. The van der Waals surface area contributed by atoms with Crippen LogP contribution in [0.4, 0.5) is 0 Å². The van der Waals surface area contributed by atoms with Crippen molar-refractivity contribution in [2.75, 3.05) is 6.61 Å². The number of carbonyl (C=O) groups excluding carboxylic acids is 1. The predicted molar refractivity (Wildman–Crippen MR) is 86.7 cm³/mol. The Morgan fingerprint density at radius 3 is 2.64 bits per heavy atom. The summed E-state index contributed by atoms with van der Waals surface area (Å²) < 4.78 is 5.57. The first-order valence-corrected chi connectivity index (χ1v) is 7.76. The molecule has 0 saturated heterocycles. The van der Waals surface area contributed by atoms with Crippen LogP contribution in [0.2, 0.25) is 0 Å². The Hall–Kier alpha value is -2.29. The number of benzene rings is 2. The van der Waals surface area contributed by atoms with Crippen molar-refractivity contribution in [2.24, 2.45) is 5.92 Å². The number of ether oxygens (including phenoxy) is 1. The van der Waals surface area contributed by atoms with Gasteiger partial charge >= 0.3 is 0 Å². The van der Waals surface area contributed by atoms with Crippen molar-refractivity contribution < 1.29 is 9.53 Å². The van der Waals surface area contributed by atoms with Gasteiger partial charge in [-0.05, 0) is 48.9 Å². The molecule has 1 fully saturated rings. The SMILES string of the molecule is Cc1cccc(OCC(=O)NC(c2ccccc2)C2CC2)c1. The average molecular weight is 295 g/mol. The largest absolute Gasteiger partial charge is 0.484 e. The molecule has 1 aliphatic carbocycles. The van der Waals surface area contributed by atoms with Gasteiger partial charge in [-0.2, -0.15) is 0 Å². The van der Waals surface area contributed by atoms with Gasteiger partial charge in [0.05, 0.1) is 6.04 Å². The number of amides is 1. The van der Waals surface area contributed by atoms with Crippen molar-refractivity contribution in [3.05, 3.63) is 65.7 Å². The summed E-state index contributed by atoms with van der Waals surface area (Å²) in [4.78, 5) is 12.2. The maximum Gasteiger partial charge on any atom is 0.258 e. The Labute approximate surface area is 131 Å². The van der Waals surface area contributed by atoms with E-state index >= 15 is 0 Å². The molecule has 0 bridgehead atoms. The van der Waals surface area contributed by atoms with E-state index < -0.39 is 0 Å². The van der Waals surface area contributed by atoms with Gasteiger partial charge in [0.1, 0.15) is 5.75 Å². The van der Waals surface area contributed by atoms with Crippen molar-refractivity contribution in [3.8, 4) is 5.75 Å². The van der Waals surface area contributed by atoms with E-state index in [0.717, 1.165) is 11.3 Å². The van der Waals surface area contributed by atoms with E-state index in [9.17, 15) is 4.79 Å². The molecule has 22 heavy (non-hydrogen) atoms. The Balaban J connectivity index is 1.58. The minimum absolute atomic E-state index is 0.0551. The van der Waals surface area contributed by atoms with Crippen LogP contribution >= 0.6 is 0 Å². The third-order valence-corrected chi connectivity index (χ3v) is 3.93. The smallest absolute Gasteiger partial charge is 0.258 e. The Bertz CT molecular complexity index is 635. The van der Waals surface area contributed by atoms with Crippen LogP contribution in [0.1, 0.15) is 30.0 Å². The lowest BCUT2D eigenvalue weighted by molar-refractivity contribution is -0.124. The van der Waals surface area contributed by atoms with Crippen LogP contribution in [0.15, 0.2) is 54.6 Å². The number of aryl methyl sites for hydroxylation is 1. The van der Waals surface area contributed by atoms with Gasteiger partial charge in [-0.3, -0.25) is 4.79 Å². The van der Waals surface area contributed by atoms with Gasteiger partial charge in [0, 0.05) is 0 Å². The second-order valence-electron chi connectivity index (χ2n) is 5.90. The maximum absolute atomic E-state index is 12.2. The lowest BCUT2D eigenvalue weighted by Gasteiger charge is -2.19. The van der Waals surface area contributed by atoms with E-state index in [1.807, 2.05) is 49.4 Å². The van der Waals surface area contributed by atoms with Crippen molar-refractivity contribution in [1.29, 1.82) is 0 Å². The molecule has 0 aromatic heterocycles. The molecule has 2 aromatic rings. The molecule has 1 amide bonds. The molecule has 0 spiro atoms. The number of carbonyl (C=O) groups is 1.